The van der Waals surface area contributed by atoms with Crippen LogP contribution in [-0.4, -0.2) is 36.6 Å². The summed E-state index contributed by atoms with van der Waals surface area (Å²) in [5.74, 6) is 0.923. The van der Waals surface area contributed by atoms with Crippen molar-refractivity contribution in [2.45, 2.75) is 38.1 Å². The van der Waals surface area contributed by atoms with E-state index in [9.17, 15) is 8.42 Å². The average Bonchev–Trinajstić information content (AvgIpc) is 3.16. The standard InChI is InChI=1S/C14H19N5O3S/c1-10-13(11(2)22-18-10)23(20,21)16-9-12-5-6-15-14(17-12)19-7-3-4-8-19/h5-6,16H,3-4,7-9H2,1-2H3. The Bertz CT molecular complexity index is 777. The molecule has 0 amide bonds. The smallest absolute Gasteiger partial charge is 0.246 e. The lowest BCUT2D eigenvalue weighted by molar-refractivity contribution is 0.390. The van der Waals surface area contributed by atoms with E-state index in [1.807, 2.05) is 0 Å². The number of aryl methyl sites for hydroxylation is 2. The maximum Gasteiger partial charge on any atom is 0.246 e. The second-order valence-electron chi connectivity index (χ2n) is 5.52. The fourth-order valence-electron chi connectivity index (χ4n) is 2.65. The first-order valence-electron chi connectivity index (χ1n) is 7.47. The molecule has 124 valence electrons. The van der Waals surface area contributed by atoms with Gasteiger partial charge in [-0.2, -0.15) is 0 Å². The molecule has 9 heteroatoms. The van der Waals surface area contributed by atoms with Crippen LogP contribution in [0, 0.1) is 13.8 Å². The zero-order chi connectivity index (χ0) is 16.4. The second kappa shape index (κ2) is 6.25. The highest BCUT2D eigenvalue weighted by Crippen LogP contribution is 2.19. The van der Waals surface area contributed by atoms with Gasteiger partial charge in [-0.1, -0.05) is 5.16 Å². The topological polar surface area (TPSA) is 101 Å². The second-order valence-corrected chi connectivity index (χ2v) is 7.22. The molecule has 0 aliphatic carbocycles. The predicted octanol–water partition coefficient (Wildman–Crippen LogP) is 1.16. The Labute approximate surface area is 135 Å². The lowest BCUT2D eigenvalue weighted by Gasteiger charge is -2.15. The van der Waals surface area contributed by atoms with Crippen LogP contribution >= 0.6 is 0 Å². The third-order valence-corrected chi connectivity index (χ3v) is 5.41. The van der Waals surface area contributed by atoms with Crippen molar-refractivity contribution in [2.24, 2.45) is 0 Å². The van der Waals surface area contributed by atoms with Crippen LogP contribution in [0.15, 0.2) is 21.7 Å². The molecule has 2 aromatic rings. The molecule has 0 unspecified atom stereocenters. The summed E-state index contributed by atoms with van der Waals surface area (Å²) in [6.07, 6.45) is 3.92. The lowest BCUT2D eigenvalue weighted by Crippen LogP contribution is -2.26. The van der Waals surface area contributed by atoms with E-state index in [0.29, 0.717) is 17.3 Å². The Hall–Kier alpha value is -2.00. The van der Waals surface area contributed by atoms with E-state index in [2.05, 4.69) is 24.7 Å². The Kier molecular flexibility index (Phi) is 4.31. The summed E-state index contributed by atoms with van der Waals surface area (Å²) >= 11 is 0. The van der Waals surface area contributed by atoms with E-state index in [1.165, 1.54) is 0 Å². The van der Waals surface area contributed by atoms with Crippen LogP contribution in [0.3, 0.4) is 0 Å². The largest absolute Gasteiger partial charge is 0.360 e. The molecule has 23 heavy (non-hydrogen) atoms. The molecule has 0 aromatic carbocycles. The van der Waals surface area contributed by atoms with Crippen molar-refractivity contribution in [1.82, 2.24) is 19.8 Å². The van der Waals surface area contributed by atoms with Crippen LogP contribution in [0.2, 0.25) is 0 Å². The monoisotopic (exact) mass is 337 g/mol. The number of sulfonamides is 1. The van der Waals surface area contributed by atoms with Gasteiger partial charge >= 0.3 is 0 Å². The van der Waals surface area contributed by atoms with Gasteiger partial charge in [-0.25, -0.2) is 23.1 Å². The molecular formula is C14H19N5O3S. The summed E-state index contributed by atoms with van der Waals surface area (Å²) in [6, 6.07) is 1.70. The molecule has 0 saturated carbocycles. The molecule has 3 rings (SSSR count). The number of hydrogen-bond acceptors (Lipinski definition) is 7. The molecular weight excluding hydrogens is 318 g/mol. The summed E-state index contributed by atoms with van der Waals surface area (Å²) in [5.41, 5.74) is 0.965. The molecule has 1 fully saturated rings. The molecule has 0 radical (unpaired) electrons. The maximum atomic E-state index is 12.4. The van der Waals surface area contributed by atoms with E-state index >= 15 is 0 Å². The van der Waals surface area contributed by atoms with Crippen LogP contribution < -0.4 is 9.62 Å². The number of rotatable bonds is 5. The van der Waals surface area contributed by atoms with Crippen LogP contribution in [0.1, 0.15) is 30.0 Å². The minimum atomic E-state index is -3.69. The van der Waals surface area contributed by atoms with Crippen molar-refractivity contribution in [3.8, 4) is 0 Å². The van der Waals surface area contributed by atoms with Crippen molar-refractivity contribution in [2.75, 3.05) is 18.0 Å². The van der Waals surface area contributed by atoms with Gasteiger partial charge in [0.25, 0.3) is 0 Å². The molecule has 0 bridgehead atoms. The summed E-state index contributed by atoms with van der Waals surface area (Å²) in [6.45, 7) is 5.14. The van der Waals surface area contributed by atoms with Gasteiger partial charge in [0.1, 0.15) is 10.6 Å². The van der Waals surface area contributed by atoms with E-state index in [-0.39, 0.29) is 17.2 Å². The number of nitrogens with zero attached hydrogens (tertiary/aromatic N) is 4. The quantitative estimate of drug-likeness (QED) is 0.873. The van der Waals surface area contributed by atoms with Crippen LogP contribution in [0.25, 0.3) is 0 Å². The summed E-state index contributed by atoms with van der Waals surface area (Å²) in [4.78, 5) is 10.9. The third kappa shape index (κ3) is 3.35. The first kappa shape index (κ1) is 15.9. The number of anilines is 1. The zero-order valence-corrected chi connectivity index (χ0v) is 13.9. The molecule has 1 N–H and O–H groups in total. The van der Waals surface area contributed by atoms with Crippen LogP contribution in [0.4, 0.5) is 5.95 Å². The van der Waals surface area contributed by atoms with Gasteiger partial charge in [0.2, 0.25) is 16.0 Å². The first-order chi connectivity index (χ1) is 11.0. The van der Waals surface area contributed by atoms with E-state index in [1.54, 1.807) is 26.1 Å². The Morgan fingerprint density at radius 3 is 2.70 bits per heavy atom. The van der Waals surface area contributed by atoms with Crippen LogP contribution in [-0.2, 0) is 16.6 Å². The summed E-state index contributed by atoms with van der Waals surface area (Å²) < 4.78 is 32.2. The normalized spacial score (nSPS) is 15.3. The van der Waals surface area contributed by atoms with Gasteiger partial charge in [-0.3, -0.25) is 0 Å². The SMILES string of the molecule is Cc1noc(C)c1S(=O)(=O)NCc1ccnc(N2CCCC2)n1. The minimum absolute atomic E-state index is 0.0892. The van der Waals surface area contributed by atoms with Crippen molar-refractivity contribution >= 4 is 16.0 Å². The van der Waals surface area contributed by atoms with Gasteiger partial charge in [0, 0.05) is 19.3 Å². The number of hydrogen-bond donors (Lipinski definition) is 1. The predicted molar refractivity (Wildman–Crippen MR) is 83.5 cm³/mol. The fourth-order valence-corrected chi connectivity index (χ4v) is 3.98. The van der Waals surface area contributed by atoms with Crippen molar-refractivity contribution in [3.63, 3.8) is 0 Å². The molecule has 1 saturated heterocycles. The summed E-state index contributed by atoms with van der Waals surface area (Å²) in [5, 5.41) is 3.68. The highest BCUT2D eigenvalue weighted by atomic mass is 32.2. The molecule has 1 aliphatic heterocycles. The lowest BCUT2D eigenvalue weighted by atomic mass is 10.4. The molecule has 1 aliphatic rings. The highest BCUT2D eigenvalue weighted by Gasteiger charge is 2.24. The van der Waals surface area contributed by atoms with Crippen molar-refractivity contribution < 1.29 is 12.9 Å². The van der Waals surface area contributed by atoms with Gasteiger partial charge in [-0.05, 0) is 32.8 Å². The number of nitrogens with one attached hydrogen (secondary N) is 1. The van der Waals surface area contributed by atoms with Crippen LogP contribution in [0.5, 0.6) is 0 Å². The Morgan fingerprint density at radius 2 is 2.04 bits per heavy atom. The average molecular weight is 337 g/mol. The molecule has 3 heterocycles. The first-order valence-corrected chi connectivity index (χ1v) is 8.95. The molecule has 0 spiro atoms. The maximum absolute atomic E-state index is 12.4. The zero-order valence-electron chi connectivity index (χ0n) is 13.1. The highest BCUT2D eigenvalue weighted by molar-refractivity contribution is 7.89. The van der Waals surface area contributed by atoms with E-state index in [4.69, 9.17) is 4.52 Å². The van der Waals surface area contributed by atoms with Crippen molar-refractivity contribution in [1.29, 1.82) is 0 Å². The van der Waals surface area contributed by atoms with E-state index < -0.39 is 10.0 Å². The Morgan fingerprint density at radius 1 is 1.30 bits per heavy atom. The molecule has 8 nitrogen and oxygen atoms in total. The number of aromatic nitrogens is 3. The van der Waals surface area contributed by atoms with Gasteiger partial charge in [0.15, 0.2) is 5.76 Å². The van der Waals surface area contributed by atoms with Gasteiger partial charge in [0.05, 0.1) is 12.2 Å². The fraction of sp³-hybridized carbons (Fsp3) is 0.500. The third-order valence-electron chi connectivity index (χ3n) is 3.77. The molecule has 0 atom stereocenters. The van der Waals surface area contributed by atoms with Gasteiger partial charge < -0.3 is 9.42 Å². The van der Waals surface area contributed by atoms with Gasteiger partial charge in [-0.15, -0.1) is 0 Å². The summed E-state index contributed by atoms with van der Waals surface area (Å²) in [7, 11) is -3.69. The molecule has 2 aromatic heterocycles. The Balaban J connectivity index is 1.74. The minimum Gasteiger partial charge on any atom is -0.360 e. The van der Waals surface area contributed by atoms with Crippen molar-refractivity contribution in [3.05, 3.63) is 29.4 Å². The van der Waals surface area contributed by atoms with E-state index in [0.717, 1.165) is 25.9 Å².